The summed E-state index contributed by atoms with van der Waals surface area (Å²) in [6.07, 6.45) is 0. The van der Waals surface area contributed by atoms with Crippen molar-refractivity contribution in [1.29, 1.82) is 0 Å². The van der Waals surface area contributed by atoms with Crippen molar-refractivity contribution in [1.82, 2.24) is 9.80 Å². The summed E-state index contributed by atoms with van der Waals surface area (Å²) in [6.45, 7) is 3.64. The molecule has 2 aromatic rings. The van der Waals surface area contributed by atoms with Crippen LogP contribution in [0.25, 0.3) is 0 Å². The number of carboxylic acid groups (broad SMARTS) is 2. The Labute approximate surface area is 217 Å². The molecule has 0 radical (unpaired) electrons. The lowest BCUT2D eigenvalue weighted by atomic mass is 10.1. The van der Waals surface area contributed by atoms with E-state index < -0.39 is 11.9 Å². The van der Waals surface area contributed by atoms with E-state index in [-0.39, 0.29) is 12.5 Å². The second-order valence-electron chi connectivity index (χ2n) is 7.53. The monoisotopic (exact) mass is 568 g/mol. The zero-order chi connectivity index (χ0) is 26.7. The highest BCUT2D eigenvalue weighted by Gasteiger charge is 2.23. The van der Waals surface area contributed by atoms with Crippen LogP contribution in [0.4, 0.5) is 0 Å². The van der Waals surface area contributed by atoms with Crippen molar-refractivity contribution in [3.8, 4) is 23.0 Å². The Morgan fingerprint density at radius 3 is 1.86 bits per heavy atom. The molecule has 1 saturated heterocycles. The highest BCUT2D eigenvalue weighted by molar-refractivity contribution is 9.10. The molecule has 0 aromatic heterocycles. The van der Waals surface area contributed by atoms with E-state index in [2.05, 4.69) is 20.8 Å². The number of aliphatic carboxylic acids is 2. The van der Waals surface area contributed by atoms with E-state index in [4.69, 9.17) is 38.7 Å². The van der Waals surface area contributed by atoms with Gasteiger partial charge in [-0.25, -0.2) is 9.59 Å². The lowest BCUT2D eigenvalue weighted by molar-refractivity contribution is -0.159. The number of hydrogen-bond acceptors (Lipinski definition) is 8. The molecule has 12 heteroatoms. The van der Waals surface area contributed by atoms with E-state index in [0.717, 1.165) is 28.9 Å². The van der Waals surface area contributed by atoms with Crippen LogP contribution in [-0.4, -0.2) is 92.0 Å². The van der Waals surface area contributed by atoms with Crippen LogP contribution in [0.15, 0.2) is 40.9 Å². The molecule has 2 N–H and O–H groups in total. The van der Waals surface area contributed by atoms with Gasteiger partial charge >= 0.3 is 11.9 Å². The van der Waals surface area contributed by atoms with Crippen molar-refractivity contribution in [3.63, 3.8) is 0 Å². The van der Waals surface area contributed by atoms with Gasteiger partial charge in [0.15, 0.2) is 18.1 Å². The van der Waals surface area contributed by atoms with Crippen molar-refractivity contribution in [2.45, 2.75) is 6.54 Å². The zero-order valence-electron chi connectivity index (χ0n) is 20.2. The summed E-state index contributed by atoms with van der Waals surface area (Å²) in [5.74, 6) is -0.891. The Kier molecular flexibility index (Phi) is 11.3. The molecule has 1 aliphatic rings. The van der Waals surface area contributed by atoms with Crippen molar-refractivity contribution in [3.05, 3.63) is 46.4 Å². The van der Waals surface area contributed by atoms with E-state index in [9.17, 15) is 4.79 Å². The first-order chi connectivity index (χ1) is 17.2. The number of methoxy groups -OCH3 is 3. The van der Waals surface area contributed by atoms with Gasteiger partial charge in [-0.1, -0.05) is 15.9 Å². The molecule has 0 atom stereocenters. The van der Waals surface area contributed by atoms with Gasteiger partial charge in [0.05, 0.1) is 21.3 Å². The van der Waals surface area contributed by atoms with Gasteiger partial charge in [-0.2, -0.15) is 0 Å². The maximum atomic E-state index is 12.5. The third-order valence-corrected chi connectivity index (χ3v) is 5.79. The molecule has 196 valence electrons. The molecular weight excluding hydrogens is 540 g/mol. The van der Waals surface area contributed by atoms with Crippen molar-refractivity contribution < 1.29 is 43.5 Å². The average Bonchev–Trinajstić information content (AvgIpc) is 2.88. The van der Waals surface area contributed by atoms with E-state index in [0.29, 0.717) is 36.9 Å². The van der Waals surface area contributed by atoms with E-state index >= 15 is 0 Å². The van der Waals surface area contributed by atoms with Gasteiger partial charge in [-0.05, 0) is 30.3 Å². The van der Waals surface area contributed by atoms with Crippen LogP contribution in [0.5, 0.6) is 23.0 Å². The molecule has 1 amide bonds. The Hall–Kier alpha value is -3.51. The second kappa shape index (κ2) is 14.1. The molecule has 2 aromatic carbocycles. The summed E-state index contributed by atoms with van der Waals surface area (Å²) < 4.78 is 22.9. The van der Waals surface area contributed by atoms with Crippen LogP contribution >= 0.6 is 15.9 Å². The normalized spacial score (nSPS) is 13.2. The first kappa shape index (κ1) is 28.7. The summed E-state index contributed by atoms with van der Waals surface area (Å²) in [5.41, 5.74) is 1.02. The fraction of sp³-hybridized carbons (Fsp3) is 0.375. The first-order valence-corrected chi connectivity index (χ1v) is 11.6. The minimum atomic E-state index is -1.82. The van der Waals surface area contributed by atoms with Crippen LogP contribution in [0.1, 0.15) is 5.56 Å². The molecule has 11 nitrogen and oxygen atoms in total. The maximum Gasteiger partial charge on any atom is 0.414 e. The maximum absolute atomic E-state index is 12.5. The summed E-state index contributed by atoms with van der Waals surface area (Å²) in [5, 5.41) is 14.8. The minimum Gasteiger partial charge on any atom is -0.496 e. The highest BCUT2D eigenvalue weighted by atomic mass is 79.9. The predicted octanol–water partition coefficient (Wildman–Crippen LogP) is 2.35. The fourth-order valence-electron chi connectivity index (χ4n) is 3.38. The van der Waals surface area contributed by atoms with Crippen molar-refractivity contribution in [2.75, 3.05) is 54.1 Å². The number of nitrogens with zero attached hydrogens (tertiary/aromatic N) is 2. The Morgan fingerprint density at radius 2 is 1.36 bits per heavy atom. The lowest BCUT2D eigenvalue weighted by Crippen LogP contribution is -2.49. The standard InChI is InChI=1S/C22H27BrN2O5.C2H2O4/c1-27-19-13-21(29-3)20(28-2)12-16(19)14-24-8-10-25(11-9-24)22(26)15-30-18-6-4-17(23)5-7-18;3-1(4)2(5)6/h4-7,12-13H,8-11,14-15H2,1-3H3;(H,3,4)(H,5,6). The fourth-order valence-corrected chi connectivity index (χ4v) is 3.64. The number of rotatable bonds is 8. The van der Waals surface area contributed by atoms with E-state index in [1.54, 1.807) is 21.3 Å². The number of carbonyl (C=O) groups excluding carboxylic acids is 1. The molecular formula is C24H29BrN2O9. The van der Waals surface area contributed by atoms with Crippen LogP contribution in [-0.2, 0) is 20.9 Å². The lowest BCUT2D eigenvalue weighted by Gasteiger charge is -2.35. The topological polar surface area (TPSA) is 135 Å². The van der Waals surface area contributed by atoms with E-state index in [1.165, 1.54) is 0 Å². The summed E-state index contributed by atoms with van der Waals surface area (Å²) in [4.78, 5) is 34.8. The van der Waals surface area contributed by atoms with Gasteiger partial charge < -0.3 is 34.1 Å². The van der Waals surface area contributed by atoms with E-state index in [1.807, 2.05) is 41.3 Å². The van der Waals surface area contributed by atoms with Gasteiger partial charge in [0, 0.05) is 48.8 Å². The quantitative estimate of drug-likeness (QED) is 0.457. The van der Waals surface area contributed by atoms with Crippen LogP contribution < -0.4 is 18.9 Å². The molecule has 1 aliphatic heterocycles. The number of ether oxygens (including phenoxy) is 4. The Bertz CT molecular complexity index is 1030. The minimum absolute atomic E-state index is 0.00117. The molecule has 0 bridgehead atoms. The first-order valence-electron chi connectivity index (χ1n) is 10.8. The largest absolute Gasteiger partial charge is 0.496 e. The number of benzene rings is 2. The SMILES string of the molecule is COc1cc(OC)c(OC)cc1CN1CCN(C(=O)COc2ccc(Br)cc2)CC1.O=C(O)C(=O)O. The summed E-state index contributed by atoms with van der Waals surface area (Å²) >= 11 is 3.38. The van der Waals surface area contributed by atoms with Gasteiger partial charge in [-0.15, -0.1) is 0 Å². The number of carbonyl (C=O) groups is 3. The smallest absolute Gasteiger partial charge is 0.414 e. The molecule has 36 heavy (non-hydrogen) atoms. The van der Waals surface area contributed by atoms with Gasteiger partial charge in [-0.3, -0.25) is 9.69 Å². The third kappa shape index (κ3) is 8.61. The Balaban J connectivity index is 0.000000678. The highest BCUT2D eigenvalue weighted by Crippen LogP contribution is 2.35. The molecule has 0 spiro atoms. The van der Waals surface area contributed by atoms with Gasteiger partial charge in [0.25, 0.3) is 5.91 Å². The summed E-state index contributed by atoms with van der Waals surface area (Å²) in [6, 6.07) is 11.2. The molecule has 1 fully saturated rings. The molecule has 1 heterocycles. The average molecular weight is 569 g/mol. The van der Waals surface area contributed by atoms with Crippen LogP contribution in [0, 0.1) is 0 Å². The number of hydrogen-bond donors (Lipinski definition) is 2. The number of carboxylic acids is 2. The number of piperazine rings is 1. The number of halogens is 1. The van der Waals surface area contributed by atoms with Crippen molar-refractivity contribution >= 4 is 33.8 Å². The van der Waals surface area contributed by atoms with Gasteiger partial charge in [0.2, 0.25) is 0 Å². The third-order valence-electron chi connectivity index (χ3n) is 5.26. The second-order valence-corrected chi connectivity index (χ2v) is 8.44. The molecule has 0 unspecified atom stereocenters. The van der Waals surface area contributed by atoms with Gasteiger partial charge in [0.1, 0.15) is 11.5 Å². The van der Waals surface area contributed by atoms with Crippen LogP contribution in [0.3, 0.4) is 0 Å². The van der Waals surface area contributed by atoms with Crippen LogP contribution in [0.2, 0.25) is 0 Å². The number of amides is 1. The van der Waals surface area contributed by atoms with Crippen molar-refractivity contribution in [2.24, 2.45) is 0 Å². The molecule has 0 saturated carbocycles. The Morgan fingerprint density at radius 1 is 0.833 bits per heavy atom. The molecule has 0 aliphatic carbocycles. The summed E-state index contributed by atoms with van der Waals surface area (Å²) in [7, 11) is 4.87. The zero-order valence-corrected chi connectivity index (χ0v) is 21.8. The predicted molar refractivity (Wildman–Crippen MR) is 133 cm³/mol. The molecule has 3 rings (SSSR count).